The van der Waals surface area contributed by atoms with Gasteiger partial charge in [0.05, 0.1) is 11.4 Å². The monoisotopic (exact) mass is 393 g/mol. The zero-order valence-corrected chi connectivity index (χ0v) is 15.7. The largest absolute Gasteiger partial charge is 0.351 e. The maximum absolute atomic E-state index is 14.1. The van der Waals surface area contributed by atoms with Crippen LogP contribution in [0.1, 0.15) is 6.92 Å². The van der Waals surface area contributed by atoms with Crippen molar-refractivity contribution in [2.75, 3.05) is 10.6 Å². The molecule has 2 N–H and O–H groups in total. The van der Waals surface area contributed by atoms with Gasteiger partial charge in [-0.2, -0.15) is 0 Å². The molecule has 0 saturated heterocycles. The van der Waals surface area contributed by atoms with E-state index in [1.165, 1.54) is 19.1 Å². The molecule has 146 valence electrons. The lowest BCUT2D eigenvalue weighted by Crippen LogP contribution is -2.07. The first kappa shape index (κ1) is 18.5. The Hall–Kier alpha value is -3.81. The maximum Gasteiger partial charge on any atom is 0.222 e. The van der Waals surface area contributed by atoms with E-state index in [-0.39, 0.29) is 11.6 Å². The Morgan fingerprint density at radius 2 is 1.86 bits per heavy atom. The molecule has 0 saturated carbocycles. The molecule has 29 heavy (non-hydrogen) atoms. The van der Waals surface area contributed by atoms with E-state index in [0.717, 1.165) is 22.6 Å². The van der Waals surface area contributed by atoms with Gasteiger partial charge in [0.1, 0.15) is 23.1 Å². The number of hydrogen-bond donors (Lipinski definition) is 2. The van der Waals surface area contributed by atoms with Crippen molar-refractivity contribution in [3.63, 3.8) is 0 Å². The van der Waals surface area contributed by atoms with Gasteiger partial charge in [0.2, 0.25) is 5.91 Å². The molecule has 0 radical (unpaired) electrons. The highest BCUT2D eigenvalue weighted by Gasteiger charge is 2.13. The van der Waals surface area contributed by atoms with Crippen molar-refractivity contribution in [2.24, 2.45) is 7.05 Å². The van der Waals surface area contributed by atoms with Gasteiger partial charge >= 0.3 is 0 Å². The van der Waals surface area contributed by atoms with Gasteiger partial charge in [-0.25, -0.2) is 18.7 Å². The smallest absolute Gasteiger partial charge is 0.222 e. The van der Waals surface area contributed by atoms with Crippen molar-refractivity contribution in [1.29, 1.82) is 0 Å². The molecule has 6 nitrogen and oxygen atoms in total. The van der Waals surface area contributed by atoms with Crippen LogP contribution in [-0.2, 0) is 11.8 Å². The van der Waals surface area contributed by atoms with Gasteiger partial charge in [-0.1, -0.05) is 0 Å². The van der Waals surface area contributed by atoms with Gasteiger partial charge in [-0.3, -0.25) is 4.79 Å². The number of hydrogen-bond acceptors (Lipinski definition) is 4. The van der Waals surface area contributed by atoms with Gasteiger partial charge in [0.15, 0.2) is 0 Å². The van der Waals surface area contributed by atoms with Crippen LogP contribution in [-0.4, -0.2) is 20.4 Å². The van der Waals surface area contributed by atoms with Crippen LogP contribution < -0.4 is 10.6 Å². The Morgan fingerprint density at radius 1 is 1.03 bits per heavy atom. The second kappa shape index (κ2) is 7.31. The Kier molecular flexibility index (Phi) is 4.67. The van der Waals surface area contributed by atoms with E-state index in [1.807, 2.05) is 23.7 Å². The van der Waals surface area contributed by atoms with Gasteiger partial charge in [0.25, 0.3) is 0 Å². The molecule has 1 amide bonds. The quantitative estimate of drug-likeness (QED) is 0.531. The highest BCUT2D eigenvalue weighted by atomic mass is 19.1. The van der Waals surface area contributed by atoms with Gasteiger partial charge in [-0.05, 0) is 35.9 Å². The Bertz CT molecular complexity index is 1240. The molecule has 0 aliphatic rings. The number of fused-ring (bicyclic) bond motifs is 1. The van der Waals surface area contributed by atoms with E-state index in [0.29, 0.717) is 17.2 Å². The van der Waals surface area contributed by atoms with Crippen LogP contribution in [0.2, 0.25) is 0 Å². The molecule has 8 heteroatoms. The van der Waals surface area contributed by atoms with Crippen molar-refractivity contribution >= 4 is 34.1 Å². The van der Waals surface area contributed by atoms with Gasteiger partial charge in [-0.15, -0.1) is 0 Å². The number of aryl methyl sites for hydroxylation is 1. The number of anilines is 3. The second-order valence-electron chi connectivity index (χ2n) is 6.61. The first-order chi connectivity index (χ1) is 13.9. The summed E-state index contributed by atoms with van der Waals surface area (Å²) in [5.74, 6) is -1.09. The third kappa shape index (κ3) is 3.77. The lowest BCUT2D eigenvalue weighted by atomic mass is 10.1. The minimum Gasteiger partial charge on any atom is -0.351 e. The highest BCUT2D eigenvalue weighted by molar-refractivity contribution is 5.95. The minimum atomic E-state index is -0.680. The summed E-state index contributed by atoms with van der Waals surface area (Å²) in [6, 6.07) is 8.85. The highest BCUT2D eigenvalue weighted by Crippen LogP contribution is 2.32. The van der Waals surface area contributed by atoms with E-state index in [1.54, 1.807) is 24.7 Å². The molecule has 0 fully saturated rings. The van der Waals surface area contributed by atoms with Crippen LogP contribution in [0.5, 0.6) is 0 Å². The number of benzene rings is 1. The lowest BCUT2D eigenvalue weighted by molar-refractivity contribution is -0.114. The normalized spacial score (nSPS) is 10.9. The zero-order chi connectivity index (χ0) is 20.5. The van der Waals surface area contributed by atoms with E-state index < -0.39 is 11.6 Å². The van der Waals surface area contributed by atoms with Crippen LogP contribution in [0, 0.1) is 11.6 Å². The number of amides is 1. The summed E-state index contributed by atoms with van der Waals surface area (Å²) in [5, 5.41) is 6.43. The molecule has 0 unspecified atom stereocenters. The van der Waals surface area contributed by atoms with E-state index in [2.05, 4.69) is 20.6 Å². The lowest BCUT2D eigenvalue weighted by Gasteiger charge is -2.08. The molecule has 0 bridgehead atoms. The van der Waals surface area contributed by atoms with E-state index >= 15 is 0 Å². The fourth-order valence-corrected chi connectivity index (χ4v) is 3.11. The van der Waals surface area contributed by atoms with Crippen molar-refractivity contribution < 1.29 is 13.6 Å². The third-order valence-corrected chi connectivity index (χ3v) is 4.41. The first-order valence-electron chi connectivity index (χ1n) is 8.82. The zero-order valence-electron chi connectivity index (χ0n) is 15.7. The fourth-order valence-electron chi connectivity index (χ4n) is 3.11. The number of nitrogens with zero attached hydrogens (tertiary/aromatic N) is 3. The van der Waals surface area contributed by atoms with E-state index in [9.17, 15) is 13.6 Å². The molecule has 0 aliphatic heterocycles. The standard InChI is InChI=1S/C21H17F2N5O/c1-12(29)26-20-8-13(5-6-24-20)14-7-16-19(11-28(2)21(16)25-10-14)27-18-4-3-15(22)9-17(18)23/h3-11,27H,1-2H3,(H,24,26,29). The Morgan fingerprint density at radius 3 is 2.62 bits per heavy atom. The summed E-state index contributed by atoms with van der Waals surface area (Å²) < 4.78 is 29.1. The topological polar surface area (TPSA) is 71.8 Å². The molecule has 0 atom stereocenters. The van der Waals surface area contributed by atoms with Crippen molar-refractivity contribution in [2.45, 2.75) is 6.92 Å². The summed E-state index contributed by atoms with van der Waals surface area (Å²) in [6.45, 7) is 1.42. The van der Waals surface area contributed by atoms with Crippen LogP contribution in [0.25, 0.3) is 22.2 Å². The minimum absolute atomic E-state index is 0.168. The molecule has 1 aromatic carbocycles. The molecule has 0 spiro atoms. The van der Waals surface area contributed by atoms with E-state index in [4.69, 9.17) is 0 Å². The third-order valence-electron chi connectivity index (χ3n) is 4.41. The summed E-state index contributed by atoms with van der Waals surface area (Å²) in [5.41, 5.74) is 3.14. The Labute approximate surface area is 165 Å². The number of aromatic nitrogens is 3. The molecule has 3 aromatic heterocycles. The number of carbonyl (C=O) groups excluding carboxylic acids is 1. The first-order valence-corrected chi connectivity index (χ1v) is 8.82. The van der Waals surface area contributed by atoms with Crippen LogP contribution in [0.4, 0.5) is 26.0 Å². The number of carbonyl (C=O) groups is 1. The fraction of sp³-hybridized carbons (Fsp3) is 0.0952. The molecule has 4 rings (SSSR count). The predicted octanol–water partition coefficient (Wildman–Crippen LogP) is 4.62. The summed E-state index contributed by atoms with van der Waals surface area (Å²) in [6.07, 6.45) is 5.11. The SMILES string of the molecule is CC(=O)Nc1cc(-c2cnc3c(c2)c(Nc2ccc(F)cc2F)cn3C)ccn1. The molecular weight excluding hydrogens is 376 g/mol. The number of halogens is 2. The number of rotatable bonds is 4. The van der Waals surface area contributed by atoms with Gasteiger partial charge in [0, 0.05) is 49.6 Å². The number of nitrogens with one attached hydrogen (secondary N) is 2. The molecule has 0 aliphatic carbocycles. The Balaban J connectivity index is 1.75. The summed E-state index contributed by atoms with van der Waals surface area (Å²) in [4.78, 5) is 19.9. The second-order valence-corrected chi connectivity index (χ2v) is 6.61. The summed E-state index contributed by atoms with van der Waals surface area (Å²) >= 11 is 0. The van der Waals surface area contributed by atoms with Crippen LogP contribution in [0.15, 0.2) is 55.0 Å². The van der Waals surface area contributed by atoms with Crippen molar-refractivity contribution in [3.8, 4) is 11.1 Å². The predicted molar refractivity (Wildman–Crippen MR) is 108 cm³/mol. The van der Waals surface area contributed by atoms with Crippen molar-refractivity contribution in [1.82, 2.24) is 14.5 Å². The summed E-state index contributed by atoms with van der Waals surface area (Å²) in [7, 11) is 1.84. The molecule has 4 aromatic rings. The average Bonchev–Trinajstić information content (AvgIpc) is 2.99. The van der Waals surface area contributed by atoms with Crippen LogP contribution >= 0.6 is 0 Å². The molecule has 3 heterocycles. The van der Waals surface area contributed by atoms with Gasteiger partial charge < -0.3 is 15.2 Å². The van der Waals surface area contributed by atoms with Crippen LogP contribution in [0.3, 0.4) is 0 Å². The maximum atomic E-state index is 14.1. The van der Waals surface area contributed by atoms with Crippen molar-refractivity contribution in [3.05, 3.63) is 66.6 Å². The average molecular weight is 393 g/mol. The molecular formula is C21H17F2N5O. The number of pyridine rings is 2.